The van der Waals surface area contributed by atoms with Gasteiger partial charge in [-0.2, -0.15) is 0 Å². The number of rotatable bonds is 1. The van der Waals surface area contributed by atoms with Gasteiger partial charge in [0.05, 0.1) is 0 Å². The van der Waals surface area contributed by atoms with E-state index in [1.807, 2.05) is 11.3 Å². The van der Waals surface area contributed by atoms with E-state index in [0.29, 0.717) is 0 Å². The van der Waals surface area contributed by atoms with E-state index in [1.54, 1.807) is 0 Å². The normalized spacial score (nSPS) is 11.2. The fourth-order valence-electron chi connectivity index (χ4n) is 2.73. The van der Waals surface area contributed by atoms with E-state index < -0.39 is 0 Å². The molecule has 0 spiro atoms. The standard InChI is InChI=1S/C19H14S/c1-13-10-14-6-2-3-7-15(14)11-17(13)19-12-16-8-4-5-9-18(16)20-19/h2-12H,1H3. The monoisotopic (exact) mass is 274 g/mol. The second kappa shape index (κ2) is 4.46. The molecule has 0 saturated heterocycles. The van der Waals surface area contributed by atoms with Crippen molar-refractivity contribution < 1.29 is 0 Å². The lowest BCUT2D eigenvalue weighted by Crippen LogP contribution is -1.81. The molecule has 0 fully saturated rings. The van der Waals surface area contributed by atoms with Gasteiger partial charge in [-0.3, -0.25) is 0 Å². The maximum Gasteiger partial charge on any atom is 0.0358 e. The van der Waals surface area contributed by atoms with E-state index >= 15 is 0 Å². The summed E-state index contributed by atoms with van der Waals surface area (Å²) < 4.78 is 1.36. The minimum Gasteiger partial charge on any atom is -0.135 e. The summed E-state index contributed by atoms with van der Waals surface area (Å²) in [6.07, 6.45) is 0. The molecular formula is C19H14S. The Kier molecular flexibility index (Phi) is 2.61. The molecule has 0 radical (unpaired) electrons. The molecule has 0 aliphatic heterocycles. The van der Waals surface area contributed by atoms with E-state index in [1.165, 1.54) is 36.9 Å². The average molecular weight is 274 g/mol. The lowest BCUT2D eigenvalue weighted by molar-refractivity contribution is 1.51. The third-order valence-electron chi connectivity index (χ3n) is 3.78. The van der Waals surface area contributed by atoms with Crippen LogP contribution < -0.4 is 0 Å². The van der Waals surface area contributed by atoms with Gasteiger partial charge >= 0.3 is 0 Å². The summed E-state index contributed by atoms with van der Waals surface area (Å²) in [4.78, 5) is 1.36. The third kappa shape index (κ3) is 1.83. The molecule has 3 aromatic carbocycles. The SMILES string of the molecule is Cc1cc2ccccc2cc1-c1cc2ccccc2s1. The molecule has 0 bridgehead atoms. The Hall–Kier alpha value is -2.12. The lowest BCUT2D eigenvalue weighted by atomic mass is 10.0. The fraction of sp³-hybridized carbons (Fsp3) is 0.0526. The van der Waals surface area contributed by atoms with Crippen molar-refractivity contribution in [1.82, 2.24) is 0 Å². The molecular weight excluding hydrogens is 260 g/mol. The van der Waals surface area contributed by atoms with Crippen LogP contribution in [-0.4, -0.2) is 0 Å². The van der Waals surface area contributed by atoms with Crippen LogP contribution in [0, 0.1) is 6.92 Å². The predicted molar refractivity (Wildman–Crippen MR) is 89.5 cm³/mol. The Labute approximate surface area is 122 Å². The first kappa shape index (κ1) is 11.7. The average Bonchev–Trinajstić information content (AvgIpc) is 2.90. The number of benzene rings is 3. The van der Waals surface area contributed by atoms with Crippen molar-refractivity contribution >= 4 is 32.2 Å². The van der Waals surface area contributed by atoms with Gasteiger partial charge in [0.2, 0.25) is 0 Å². The summed E-state index contributed by atoms with van der Waals surface area (Å²) in [6.45, 7) is 2.20. The summed E-state index contributed by atoms with van der Waals surface area (Å²) in [5.74, 6) is 0. The van der Waals surface area contributed by atoms with Gasteiger partial charge in [-0.05, 0) is 52.4 Å². The molecule has 0 N–H and O–H groups in total. The summed E-state index contributed by atoms with van der Waals surface area (Å²) in [7, 11) is 0. The second-order valence-corrected chi connectivity index (χ2v) is 6.25. The number of hydrogen-bond donors (Lipinski definition) is 0. The highest BCUT2D eigenvalue weighted by atomic mass is 32.1. The van der Waals surface area contributed by atoms with Crippen LogP contribution in [0.2, 0.25) is 0 Å². The van der Waals surface area contributed by atoms with Crippen LogP contribution in [0.3, 0.4) is 0 Å². The number of fused-ring (bicyclic) bond motifs is 2. The van der Waals surface area contributed by atoms with Gasteiger partial charge in [-0.25, -0.2) is 0 Å². The number of thiophene rings is 1. The van der Waals surface area contributed by atoms with Crippen molar-refractivity contribution in [3.8, 4) is 10.4 Å². The van der Waals surface area contributed by atoms with Crippen LogP contribution in [0.15, 0.2) is 66.7 Å². The summed E-state index contributed by atoms with van der Waals surface area (Å²) in [6, 6.07) is 24.1. The smallest absolute Gasteiger partial charge is 0.0358 e. The lowest BCUT2D eigenvalue weighted by Gasteiger charge is -2.06. The van der Waals surface area contributed by atoms with E-state index in [2.05, 4.69) is 73.7 Å². The van der Waals surface area contributed by atoms with Crippen LogP contribution in [0.1, 0.15) is 5.56 Å². The van der Waals surface area contributed by atoms with Crippen molar-refractivity contribution in [2.45, 2.75) is 6.92 Å². The van der Waals surface area contributed by atoms with Crippen molar-refractivity contribution in [1.29, 1.82) is 0 Å². The van der Waals surface area contributed by atoms with Crippen LogP contribution in [0.4, 0.5) is 0 Å². The Morgan fingerprint density at radius 3 is 2.10 bits per heavy atom. The van der Waals surface area contributed by atoms with Crippen molar-refractivity contribution in [3.63, 3.8) is 0 Å². The van der Waals surface area contributed by atoms with E-state index in [9.17, 15) is 0 Å². The third-order valence-corrected chi connectivity index (χ3v) is 4.93. The predicted octanol–water partition coefficient (Wildman–Crippen LogP) is 6.03. The van der Waals surface area contributed by atoms with Gasteiger partial charge < -0.3 is 0 Å². The second-order valence-electron chi connectivity index (χ2n) is 5.16. The van der Waals surface area contributed by atoms with Gasteiger partial charge in [0, 0.05) is 9.58 Å². The Morgan fingerprint density at radius 1 is 0.700 bits per heavy atom. The molecule has 0 unspecified atom stereocenters. The zero-order valence-corrected chi connectivity index (χ0v) is 12.1. The molecule has 4 aromatic rings. The van der Waals surface area contributed by atoms with Crippen molar-refractivity contribution in [3.05, 3.63) is 72.3 Å². The van der Waals surface area contributed by atoms with Crippen molar-refractivity contribution in [2.24, 2.45) is 0 Å². The maximum absolute atomic E-state index is 2.31. The topological polar surface area (TPSA) is 0 Å². The van der Waals surface area contributed by atoms with Crippen LogP contribution >= 0.6 is 11.3 Å². The quantitative estimate of drug-likeness (QED) is 0.397. The van der Waals surface area contributed by atoms with Gasteiger partial charge in [-0.1, -0.05) is 48.5 Å². The molecule has 20 heavy (non-hydrogen) atoms. The first-order valence-electron chi connectivity index (χ1n) is 6.79. The van der Waals surface area contributed by atoms with Gasteiger partial charge in [-0.15, -0.1) is 11.3 Å². The first-order valence-corrected chi connectivity index (χ1v) is 7.61. The molecule has 0 saturated carbocycles. The summed E-state index contributed by atoms with van der Waals surface area (Å²) >= 11 is 1.87. The number of aryl methyl sites for hydroxylation is 1. The molecule has 1 heterocycles. The van der Waals surface area contributed by atoms with Crippen LogP contribution in [-0.2, 0) is 0 Å². The van der Waals surface area contributed by atoms with Gasteiger partial charge in [0.15, 0.2) is 0 Å². The minimum atomic E-state index is 1.31. The molecule has 0 amide bonds. The molecule has 0 nitrogen and oxygen atoms in total. The van der Waals surface area contributed by atoms with E-state index in [-0.39, 0.29) is 0 Å². The first-order chi connectivity index (χ1) is 9.81. The Balaban J connectivity index is 1.98. The van der Waals surface area contributed by atoms with Crippen LogP contribution in [0.25, 0.3) is 31.3 Å². The molecule has 1 aromatic heterocycles. The summed E-state index contributed by atoms with van der Waals surface area (Å²) in [5, 5.41) is 3.96. The Morgan fingerprint density at radius 2 is 1.35 bits per heavy atom. The number of hydrogen-bond acceptors (Lipinski definition) is 1. The van der Waals surface area contributed by atoms with Gasteiger partial charge in [0.25, 0.3) is 0 Å². The minimum absolute atomic E-state index is 1.31. The van der Waals surface area contributed by atoms with E-state index in [4.69, 9.17) is 0 Å². The molecule has 4 rings (SSSR count). The van der Waals surface area contributed by atoms with Gasteiger partial charge in [0.1, 0.15) is 0 Å². The highest BCUT2D eigenvalue weighted by molar-refractivity contribution is 7.22. The van der Waals surface area contributed by atoms with Crippen LogP contribution in [0.5, 0.6) is 0 Å². The Bertz CT molecular complexity index is 882. The zero-order chi connectivity index (χ0) is 13.5. The van der Waals surface area contributed by atoms with Crippen molar-refractivity contribution in [2.75, 3.05) is 0 Å². The highest BCUT2D eigenvalue weighted by Gasteiger charge is 2.07. The van der Waals surface area contributed by atoms with E-state index in [0.717, 1.165) is 0 Å². The summed E-state index contributed by atoms with van der Waals surface area (Å²) in [5.41, 5.74) is 2.69. The molecule has 0 aliphatic rings. The largest absolute Gasteiger partial charge is 0.135 e. The molecule has 1 heteroatoms. The molecule has 0 atom stereocenters. The fourth-order valence-corrected chi connectivity index (χ4v) is 3.88. The molecule has 0 aliphatic carbocycles. The molecule has 96 valence electrons. The zero-order valence-electron chi connectivity index (χ0n) is 11.3. The highest BCUT2D eigenvalue weighted by Crippen LogP contribution is 2.36. The maximum atomic E-state index is 2.31.